The van der Waals surface area contributed by atoms with Crippen molar-refractivity contribution >= 4 is 28.5 Å². The van der Waals surface area contributed by atoms with E-state index in [4.69, 9.17) is 33.0 Å². The molecule has 1 aliphatic heterocycles. The van der Waals surface area contributed by atoms with Crippen LogP contribution in [0.15, 0.2) is 60.1 Å². The molecule has 5 N–H and O–H groups in total. The summed E-state index contributed by atoms with van der Waals surface area (Å²) in [5.74, 6) is 1.54. The monoisotopic (exact) mass is 534 g/mol. The summed E-state index contributed by atoms with van der Waals surface area (Å²) in [7, 11) is 0. The van der Waals surface area contributed by atoms with E-state index < -0.39 is 0 Å². The van der Waals surface area contributed by atoms with E-state index in [2.05, 4.69) is 11.5 Å². The second-order valence-electron chi connectivity index (χ2n) is 10.7. The van der Waals surface area contributed by atoms with E-state index in [0.717, 1.165) is 53.7 Å². The Morgan fingerprint density at radius 3 is 2.71 bits per heavy atom. The van der Waals surface area contributed by atoms with Crippen LogP contribution in [-0.2, 0) is 13.0 Å². The molecule has 38 heavy (non-hydrogen) atoms. The number of nitrogens with zero attached hydrogens (tertiary/aromatic N) is 4. The summed E-state index contributed by atoms with van der Waals surface area (Å²) in [6, 6.07) is 5.03. The van der Waals surface area contributed by atoms with E-state index in [1.54, 1.807) is 18.3 Å². The van der Waals surface area contributed by atoms with Crippen molar-refractivity contribution in [3.63, 3.8) is 0 Å². The van der Waals surface area contributed by atoms with Crippen LogP contribution in [0.3, 0.4) is 0 Å². The van der Waals surface area contributed by atoms with E-state index in [0.29, 0.717) is 47.6 Å². The fourth-order valence-corrected chi connectivity index (χ4v) is 6.55. The number of aliphatic hydroxyl groups is 1. The summed E-state index contributed by atoms with van der Waals surface area (Å²) >= 11 is 6.81. The third kappa shape index (κ3) is 3.94. The van der Waals surface area contributed by atoms with E-state index in [1.165, 1.54) is 12.3 Å². The summed E-state index contributed by atoms with van der Waals surface area (Å²) in [5.41, 5.74) is 16.8. The number of hydrogen-bond donors (Lipinski definition) is 3. The molecule has 3 aliphatic rings. The van der Waals surface area contributed by atoms with Crippen molar-refractivity contribution in [3.8, 4) is 0 Å². The van der Waals surface area contributed by atoms with E-state index in [-0.39, 0.29) is 23.9 Å². The fraction of sp³-hybridized carbons (Fsp3) is 0.379. The van der Waals surface area contributed by atoms with Crippen LogP contribution in [-0.4, -0.2) is 32.6 Å². The minimum atomic E-state index is -0.250. The third-order valence-corrected chi connectivity index (χ3v) is 9.03. The number of halogens is 2. The van der Waals surface area contributed by atoms with Crippen molar-refractivity contribution in [2.45, 2.75) is 44.8 Å². The molecule has 7 nitrogen and oxygen atoms in total. The largest absolute Gasteiger partial charge is 0.405 e. The molecule has 1 spiro atoms. The van der Waals surface area contributed by atoms with Crippen LogP contribution >= 0.6 is 11.6 Å². The van der Waals surface area contributed by atoms with Gasteiger partial charge in [-0.15, -0.1) is 0 Å². The van der Waals surface area contributed by atoms with Crippen molar-refractivity contribution < 1.29 is 9.50 Å². The molecule has 1 atom stereocenters. The van der Waals surface area contributed by atoms with Crippen LogP contribution in [0.5, 0.6) is 0 Å². The molecular formula is C29H32ClFN6O. The number of aliphatic hydroxyl groups excluding tert-OH is 1. The number of allylic oxidation sites excluding steroid dienone is 4. The zero-order valence-electron chi connectivity index (χ0n) is 21.2. The van der Waals surface area contributed by atoms with Gasteiger partial charge in [-0.1, -0.05) is 30.3 Å². The average Bonchev–Trinajstić information content (AvgIpc) is 3.67. The smallest absolute Gasteiger partial charge is 0.154 e. The molecular weight excluding hydrogens is 503 g/mol. The second kappa shape index (κ2) is 9.52. The molecule has 2 aromatic heterocycles. The maximum Gasteiger partial charge on any atom is 0.154 e. The average molecular weight is 535 g/mol. The Morgan fingerprint density at radius 2 is 2.05 bits per heavy atom. The van der Waals surface area contributed by atoms with Gasteiger partial charge in [0.25, 0.3) is 0 Å². The molecule has 0 radical (unpaired) electrons. The molecule has 0 bridgehead atoms. The first kappa shape index (κ1) is 25.1. The molecule has 1 saturated heterocycles. The lowest BCUT2D eigenvalue weighted by molar-refractivity contribution is 0.186. The molecule has 9 heteroatoms. The molecule has 1 unspecified atom stereocenters. The highest BCUT2D eigenvalue weighted by atomic mass is 35.5. The van der Waals surface area contributed by atoms with Crippen molar-refractivity contribution in [3.05, 3.63) is 88.5 Å². The summed E-state index contributed by atoms with van der Waals surface area (Å²) in [5, 5.41) is 10.8. The zero-order chi connectivity index (χ0) is 26.6. The molecule has 0 amide bonds. The first-order valence-electron chi connectivity index (χ1n) is 13.1. The summed E-state index contributed by atoms with van der Waals surface area (Å²) in [6.07, 6.45) is 11.2. The minimum Gasteiger partial charge on any atom is -0.405 e. The quantitative estimate of drug-likeness (QED) is 0.399. The Labute approximate surface area is 226 Å². The number of rotatable bonds is 6. The standard InChI is InChI=1S/C29H32ClFN6O/c1-17(18-5-6-18)24(30)20(7-10-32)27-35-23(16-38)25-28(34-11-14-37(25)27)36-12-8-29(9-13-36)15-21-19(26(29)33)3-2-4-22(21)31/h2-4,7,10-11,14,18,26,38H,1,5-6,8-9,12-13,15-16,32-33H2/b10-7-,24-20-. The van der Waals surface area contributed by atoms with Crippen molar-refractivity contribution in [2.24, 2.45) is 22.8 Å². The van der Waals surface area contributed by atoms with Crippen LogP contribution in [0.25, 0.3) is 11.1 Å². The van der Waals surface area contributed by atoms with Crippen molar-refractivity contribution in [1.29, 1.82) is 0 Å². The lowest BCUT2D eigenvalue weighted by Crippen LogP contribution is -2.44. The van der Waals surface area contributed by atoms with Crippen LogP contribution in [0.4, 0.5) is 10.2 Å². The lowest BCUT2D eigenvalue weighted by atomic mass is 9.73. The van der Waals surface area contributed by atoms with Crippen LogP contribution < -0.4 is 16.4 Å². The maximum absolute atomic E-state index is 14.5. The van der Waals surface area contributed by atoms with E-state index >= 15 is 0 Å². The highest BCUT2D eigenvalue weighted by Gasteiger charge is 2.47. The van der Waals surface area contributed by atoms with Gasteiger partial charge < -0.3 is 21.5 Å². The number of piperidine rings is 1. The highest BCUT2D eigenvalue weighted by molar-refractivity contribution is 6.35. The number of aromatic nitrogens is 3. The van der Waals surface area contributed by atoms with Crippen molar-refractivity contribution in [2.75, 3.05) is 18.0 Å². The van der Waals surface area contributed by atoms with Gasteiger partial charge in [0, 0.05) is 37.1 Å². The van der Waals surface area contributed by atoms with Crippen LogP contribution in [0.2, 0.25) is 0 Å². The van der Waals surface area contributed by atoms with Crippen molar-refractivity contribution in [1.82, 2.24) is 14.4 Å². The number of fused-ring (bicyclic) bond motifs is 2. The molecule has 3 aromatic rings. The molecule has 1 aromatic carbocycles. The summed E-state index contributed by atoms with van der Waals surface area (Å²) in [4.78, 5) is 11.7. The maximum atomic E-state index is 14.5. The first-order chi connectivity index (χ1) is 18.4. The van der Waals surface area contributed by atoms with Gasteiger partial charge in [0.05, 0.1) is 17.3 Å². The van der Waals surface area contributed by atoms with Gasteiger partial charge in [-0.25, -0.2) is 14.4 Å². The van der Waals surface area contributed by atoms with Gasteiger partial charge in [-0.2, -0.15) is 0 Å². The Bertz CT molecular complexity index is 1480. The van der Waals surface area contributed by atoms with Gasteiger partial charge in [-0.3, -0.25) is 4.40 Å². The molecule has 198 valence electrons. The normalized spacial score (nSPS) is 21.4. The molecule has 3 heterocycles. The Hall–Kier alpha value is -3.20. The molecule has 2 aliphatic carbocycles. The third-order valence-electron chi connectivity index (χ3n) is 8.59. The SMILES string of the molecule is C=C(/C(Cl)=C(\C=C/N)c1nc(CO)c2c(N3CCC4(CC3)Cc3c(F)cccc3C4N)nccn12)C1CC1. The van der Waals surface area contributed by atoms with Crippen LogP contribution in [0, 0.1) is 17.2 Å². The predicted molar refractivity (Wildman–Crippen MR) is 148 cm³/mol. The Morgan fingerprint density at radius 1 is 1.29 bits per heavy atom. The van der Waals surface area contributed by atoms with E-state index in [1.807, 2.05) is 16.7 Å². The van der Waals surface area contributed by atoms with Gasteiger partial charge in [-0.05, 0) is 78.5 Å². The first-order valence-corrected chi connectivity index (χ1v) is 13.5. The fourth-order valence-electron chi connectivity index (χ4n) is 6.25. The van der Waals surface area contributed by atoms with Gasteiger partial charge in [0.15, 0.2) is 5.82 Å². The molecule has 1 saturated carbocycles. The predicted octanol–water partition coefficient (Wildman–Crippen LogP) is 4.59. The number of anilines is 1. The number of nitrogens with two attached hydrogens (primary N) is 2. The Balaban J connectivity index is 1.35. The number of imidazole rings is 1. The van der Waals surface area contributed by atoms with Gasteiger partial charge in [0.2, 0.25) is 0 Å². The number of hydrogen-bond acceptors (Lipinski definition) is 6. The zero-order valence-corrected chi connectivity index (χ0v) is 22.0. The number of benzene rings is 1. The van der Waals surface area contributed by atoms with Gasteiger partial charge in [0.1, 0.15) is 17.2 Å². The topological polar surface area (TPSA) is 106 Å². The molecule has 6 rings (SSSR count). The van der Waals surface area contributed by atoms with Crippen LogP contribution in [0.1, 0.15) is 54.4 Å². The molecule has 2 fully saturated rings. The highest BCUT2D eigenvalue weighted by Crippen LogP contribution is 2.52. The summed E-state index contributed by atoms with van der Waals surface area (Å²) in [6.45, 7) is 5.38. The Kier molecular flexibility index (Phi) is 6.29. The summed E-state index contributed by atoms with van der Waals surface area (Å²) < 4.78 is 16.5. The van der Waals surface area contributed by atoms with Gasteiger partial charge >= 0.3 is 0 Å². The minimum absolute atomic E-state index is 0.165. The van der Waals surface area contributed by atoms with E-state index in [9.17, 15) is 9.50 Å². The lowest BCUT2D eigenvalue weighted by Gasteiger charge is -2.42. The second-order valence-corrected chi connectivity index (χ2v) is 11.1.